The second-order valence-electron chi connectivity index (χ2n) is 7.52. The van der Waals surface area contributed by atoms with Crippen molar-refractivity contribution in [3.8, 4) is 22.8 Å². The third-order valence-corrected chi connectivity index (χ3v) is 7.32. The second-order valence-corrected chi connectivity index (χ2v) is 9.31. The smallest absolute Gasteiger partial charge is 0.269 e. The molecule has 5 rings (SSSR count). The molecule has 0 amide bonds. The van der Waals surface area contributed by atoms with E-state index in [1.807, 2.05) is 40.0 Å². The number of methoxy groups -OCH3 is 2. The van der Waals surface area contributed by atoms with Crippen LogP contribution in [0.25, 0.3) is 11.3 Å². The molecule has 172 valence electrons. The number of hydrogen-bond acceptors (Lipinski definition) is 9. The average Bonchev–Trinajstić information content (AvgIpc) is 3.63. The molecular weight excluding hydrogens is 472 g/mol. The van der Waals surface area contributed by atoms with Crippen LogP contribution < -0.4 is 14.5 Å². The van der Waals surface area contributed by atoms with E-state index in [0.29, 0.717) is 11.5 Å². The molecule has 2 aromatic heterocycles. The summed E-state index contributed by atoms with van der Waals surface area (Å²) in [5, 5.41) is 22.6. The van der Waals surface area contributed by atoms with Crippen LogP contribution in [0.2, 0.25) is 0 Å². The van der Waals surface area contributed by atoms with E-state index in [9.17, 15) is 10.1 Å². The number of non-ortho nitro benzene ring substituents is 1. The van der Waals surface area contributed by atoms with E-state index in [0.717, 1.165) is 39.0 Å². The Labute approximate surface area is 203 Å². The van der Waals surface area contributed by atoms with E-state index in [1.165, 1.54) is 23.5 Å². The topological polar surface area (TPSA) is 90.1 Å². The van der Waals surface area contributed by atoms with Crippen LogP contribution in [0.3, 0.4) is 0 Å². The SMILES string of the molecule is COc1ccc(C2CC(c3cccs3)=NN2c2nc(-c3ccc([N+](=O)[O-])cc3)cs2)cc1OC. The lowest BCUT2D eigenvalue weighted by atomic mass is 10.0. The van der Waals surface area contributed by atoms with Crippen molar-refractivity contribution in [1.29, 1.82) is 0 Å². The van der Waals surface area contributed by atoms with Crippen molar-refractivity contribution in [3.63, 3.8) is 0 Å². The molecule has 0 N–H and O–H groups in total. The maximum absolute atomic E-state index is 11.0. The Hall–Kier alpha value is -3.76. The van der Waals surface area contributed by atoms with Crippen molar-refractivity contribution in [2.75, 3.05) is 19.2 Å². The molecule has 34 heavy (non-hydrogen) atoms. The van der Waals surface area contributed by atoms with E-state index in [4.69, 9.17) is 19.6 Å². The van der Waals surface area contributed by atoms with Crippen molar-refractivity contribution in [2.45, 2.75) is 12.5 Å². The monoisotopic (exact) mass is 492 g/mol. The van der Waals surface area contributed by atoms with E-state index >= 15 is 0 Å². The van der Waals surface area contributed by atoms with Gasteiger partial charge in [0.05, 0.1) is 41.5 Å². The van der Waals surface area contributed by atoms with Crippen LogP contribution in [0.4, 0.5) is 10.8 Å². The zero-order valence-electron chi connectivity index (χ0n) is 18.4. The molecule has 0 saturated heterocycles. The summed E-state index contributed by atoms with van der Waals surface area (Å²) in [6.45, 7) is 0. The summed E-state index contributed by atoms with van der Waals surface area (Å²) in [7, 11) is 3.24. The zero-order valence-corrected chi connectivity index (χ0v) is 20.0. The van der Waals surface area contributed by atoms with Crippen LogP contribution in [-0.4, -0.2) is 29.8 Å². The Morgan fingerprint density at radius 1 is 1.06 bits per heavy atom. The Balaban J connectivity index is 1.51. The van der Waals surface area contributed by atoms with Crippen LogP contribution >= 0.6 is 22.7 Å². The molecule has 3 heterocycles. The Morgan fingerprint density at radius 3 is 2.53 bits per heavy atom. The van der Waals surface area contributed by atoms with Gasteiger partial charge in [-0.05, 0) is 41.3 Å². The van der Waals surface area contributed by atoms with Gasteiger partial charge in [-0.1, -0.05) is 12.1 Å². The van der Waals surface area contributed by atoms with Crippen molar-refractivity contribution in [3.05, 3.63) is 85.9 Å². The van der Waals surface area contributed by atoms with Crippen molar-refractivity contribution >= 4 is 39.2 Å². The molecule has 1 aliphatic rings. The van der Waals surface area contributed by atoms with Gasteiger partial charge in [-0.3, -0.25) is 10.1 Å². The highest BCUT2D eigenvalue weighted by molar-refractivity contribution is 7.14. The molecule has 2 aromatic carbocycles. The molecule has 4 aromatic rings. The third kappa shape index (κ3) is 4.13. The summed E-state index contributed by atoms with van der Waals surface area (Å²) in [4.78, 5) is 16.5. The molecule has 0 saturated carbocycles. The molecule has 1 unspecified atom stereocenters. The number of benzene rings is 2. The van der Waals surface area contributed by atoms with Crippen molar-refractivity contribution in [2.24, 2.45) is 5.10 Å². The predicted molar refractivity (Wildman–Crippen MR) is 134 cm³/mol. The molecular formula is C24H20N4O4S2. The fourth-order valence-electron chi connectivity index (χ4n) is 3.85. The van der Waals surface area contributed by atoms with Crippen LogP contribution in [0.15, 0.2) is 70.5 Å². The first-order valence-corrected chi connectivity index (χ1v) is 12.2. The van der Waals surface area contributed by atoms with Crippen LogP contribution in [0.5, 0.6) is 11.5 Å². The summed E-state index contributed by atoms with van der Waals surface area (Å²) < 4.78 is 10.9. The Bertz CT molecular complexity index is 1350. The van der Waals surface area contributed by atoms with Crippen molar-refractivity contribution < 1.29 is 14.4 Å². The molecule has 0 radical (unpaired) electrons. The van der Waals surface area contributed by atoms with Crippen LogP contribution in [0, 0.1) is 10.1 Å². The highest BCUT2D eigenvalue weighted by Crippen LogP contribution is 2.42. The maximum Gasteiger partial charge on any atom is 0.269 e. The number of nitrogens with zero attached hydrogens (tertiary/aromatic N) is 4. The molecule has 0 bridgehead atoms. The number of anilines is 1. The standard InChI is InChI=1S/C24H20N4O4S2/c1-31-21-10-7-16(12-22(21)32-2)20-13-18(23-4-3-11-33-23)26-27(20)24-25-19(14-34-24)15-5-8-17(9-6-15)28(29)30/h3-12,14,20H,13H2,1-2H3. The van der Waals surface area contributed by atoms with Gasteiger partial charge in [0.25, 0.3) is 5.69 Å². The van der Waals surface area contributed by atoms with Gasteiger partial charge in [0.15, 0.2) is 11.5 Å². The van der Waals surface area contributed by atoms with Gasteiger partial charge in [0.1, 0.15) is 0 Å². The Kier molecular flexibility index (Phi) is 5.99. The third-order valence-electron chi connectivity index (χ3n) is 5.57. The molecule has 8 nitrogen and oxygen atoms in total. The normalized spacial score (nSPS) is 15.3. The number of thiazole rings is 1. The van der Waals surface area contributed by atoms with E-state index < -0.39 is 4.92 Å². The van der Waals surface area contributed by atoms with Gasteiger partial charge in [-0.25, -0.2) is 9.99 Å². The number of aromatic nitrogens is 1. The fourth-order valence-corrected chi connectivity index (χ4v) is 5.41. The number of nitro benzene ring substituents is 1. The number of thiophene rings is 1. The van der Waals surface area contributed by atoms with Gasteiger partial charge in [0.2, 0.25) is 5.13 Å². The van der Waals surface area contributed by atoms with Crippen LogP contribution in [0.1, 0.15) is 22.9 Å². The minimum absolute atomic E-state index is 0.0532. The molecule has 1 atom stereocenters. The van der Waals surface area contributed by atoms with Gasteiger partial charge in [-0.15, -0.1) is 22.7 Å². The van der Waals surface area contributed by atoms with Crippen molar-refractivity contribution in [1.82, 2.24) is 4.98 Å². The van der Waals surface area contributed by atoms with E-state index in [1.54, 1.807) is 37.7 Å². The second kappa shape index (κ2) is 9.24. The summed E-state index contributed by atoms with van der Waals surface area (Å²) in [6, 6.07) is 16.3. The lowest BCUT2D eigenvalue weighted by Crippen LogP contribution is -2.18. The number of hydrogen-bond donors (Lipinski definition) is 0. The quantitative estimate of drug-likeness (QED) is 0.227. The minimum Gasteiger partial charge on any atom is -0.493 e. The minimum atomic E-state index is -0.408. The highest BCUT2D eigenvalue weighted by Gasteiger charge is 2.32. The largest absolute Gasteiger partial charge is 0.493 e. The number of nitro groups is 1. The molecule has 0 fully saturated rings. The lowest BCUT2D eigenvalue weighted by Gasteiger charge is -2.22. The first kappa shape index (κ1) is 22.1. The van der Waals surface area contributed by atoms with Gasteiger partial charge in [0, 0.05) is 29.5 Å². The summed E-state index contributed by atoms with van der Waals surface area (Å²) in [5.74, 6) is 1.33. The Morgan fingerprint density at radius 2 is 1.85 bits per heavy atom. The summed E-state index contributed by atoms with van der Waals surface area (Å²) in [6.07, 6.45) is 0.725. The average molecular weight is 493 g/mol. The molecule has 1 aliphatic heterocycles. The zero-order chi connectivity index (χ0) is 23.7. The fraction of sp³-hybridized carbons (Fsp3) is 0.167. The molecule has 0 spiro atoms. The lowest BCUT2D eigenvalue weighted by molar-refractivity contribution is -0.384. The molecule has 10 heteroatoms. The summed E-state index contributed by atoms with van der Waals surface area (Å²) >= 11 is 3.15. The summed E-state index contributed by atoms with van der Waals surface area (Å²) in [5.41, 5.74) is 3.66. The number of rotatable bonds is 7. The van der Waals surface area contributed by atoms with Crippen LogP contribution in [-0.2, 0) is 0 Å². The first-order valence-electron chi connectivity index (χ1n) is 10.4. The van der Waals surface area contributed by atoms with E-state index in [2.05, 4.69) is 6.07 Å². The molecule has 0 aliphatic carbocycles. The van der Waals surface area contributed by atoms with E-state index in [-0.39, 0.29) is 11.7 Å². The maximum atomic E-state index is 11.0. The predicted octanol–water partition coefficient (Wildman–Crippen LogP) is 6.15. The highest BCUT2D eigenvalue weighted by atomic mass is 32.1. The first-order chi connectivity index (χ1) is 16.6. The number of ether oxygens (including phenoxy) is 2. The van der Waals surface area contributed by atoms with Gasteiger partial charge >= 0.3 is 0 Å². The van der Waals surface area contributed by atoms with Gasteiger partial charge < -0.3 is 9.47 Å². The van der Waals surface area contributed by atoms with Gasteiger partial charge in [-0.2, -0.15) is 5.10 Å². The number of hydrazone groups is 1.